The Hall–Kier alpha value is -3.54. The highest BCUT2D eigenvalue weighted by molar-refractivity contribution is 6.09. The van der Waals surface area contributed by atoms with Crippen LogP contribution in [0.2, 0.25) is 0 Å². The van der Waals surface area contributed by atoms with Gasteiger partial charge in [-0.2, -0.15) is 0 Å². The molecule has 0 radical (unpaired) electrons. The van der Waals surface area contributed by atoms with Crippen LogP contribution >= 0.6 is 0 Å². The van der Waals surface area contributed by atoms with Crippen LogP contribution in [0.1, 0.15) is 64.5 Å². The number of amides is 2. The number of rotatable bonds is 7. The Morgan fingerprint density at radius 2 is 1.74 bits per heavy atom. The van der Waals surface area contributed by atoms with Crippen LogP contribution in [0, 0.1) is 20.8 Å². The normalized spacial score (nSPS) is 14.6. The fraction of sp³-hybridized carbons (Fsp3) is 0.357. The van der Waals surface area contributed by atoms with E-state index in [1.165, 1.54) is 6.26 Å². The van der Waals surface area contributed by atoms with Gasteiger partial charge >= 0.3 is 0 Å². The van der Waals surface area contributed by atoms with E-state index in [4.69, 9.17) is 9.15 Å². The summed E-state index contributed by atoms with van der Waals surface area (Å²) in [6.07, 6.45) is 5.57. The average molecular weight is 461 g/mol. The number of ether oxygens (including phenoxy) is 1. The first kappa shape index (κ1) is 23.6. The van der Waals surface area contributed by atoms with Gasteiger partial charge in [0, 0.05) is 6.04 Å². The van der Waals surface area contributed by atoms with Crippen molar-refractivity contribution in [2.24, 2.45) is 0 Å². The molecule has 1 saturated carbocycles. The average Bonchev–Trinajstić information content (AvgIpc) is 3.52. The molecule has 0 bridgehead atoms. The number of hydrogen-bond acceptors (Lipinski definition) is 4. The van der Waals surface area contributed by atoms with Crippen LogP contribution in [0.3, 0.4) is 0 Å². The number of carbonyl (C=O) groups is 2. The molecule has 6 heteroatoms. The third kappa shape index (κ3) is 4.86. The van der Waals surface area contributed by atoms with E-state index in [9.17, 15) is 9.59 Å². The fourth-order valence-electron chi connectivity index (χ4n) is 5.00. The first-order valence-electron chi connectivity index (χ1n) is 11.8. The van der Waals surface area contributed by atoms with Gasteiger partial charge in [0.2, 0.25) is 5.91 Å². The second-order valence-electron chi connectivity index (χ2n) is 9.07. The van der Waals surface area contributed by atoms with E-state index in [1.54, 1.807) is 24.1 Å². The number of carbonyl (C=O) groups excluding carboxylic acids is 2. The van der Waals surface area contributed by atoms with Crippen LogP contribution in [0.4, 0.5) is 5.69 Å². The molecule has 3 aromatic rings. The maximum Gasteiger partial charge on any atom is 0.294 e. The van der Waals surface area contributed by atoms with Crippen molar-refractivity contribution in [2.45, 2.75) is 58.5 Å². The largest absolute Gasteiger partial charge is 0.497 e. The minimum atomic E-state index is -0.895. The third-order valence-corrected chi connectivity index (χ3v) is 6.44. The molecular weight excluding hydrogens is 428 g/mol. The Kier molecular flexibility index (Phi) is 7.06. The van der Waals surface area contributed by atoms with Crippen LogP contribution in [-0.2, 0) is 4.79 Å². The highest BCUT2D eigenvalue weighted by atomic mass is 16.5. The Morgan fingerprint density at radius 1 is 1.03 bits per heavy atom. The van der Waals surface area contributed by atoms with Gasteiger partial charge in [0.15, 0.2) is 5.76 Å². The van der Waals surface area contributed by atoms with Crippen molar-refractivity contribution >= 4 is 17.5 Å². The molecule has 1 aliphatic rings. The van der Waals surface area contributed by atoms with E-state index in [-0.39, 0.29) is 23.6 Å². The van der Waals surface area contributed by atoms with Crippen molar-refractivity contribution in [2.75, 3.05) is 12.0 Å². The number of nitrogens with one attached hydrogen (secondary N) is 1. The molecule has 1 aliphatic carbocycles. The number of aryl methyl sites for hydroxylation is 3. The summed E-state index contributed by atoms with van der Waals surface area (Å²) in [7, 11) is 1.59. The lowest BCUT2D eigenvalue weighted by molar-refractivity contribution is -0.123. The van der Waals surface area contributed by atoms with Gasteiger partial charge < -0.3 is 14.5 Å². The molecule has 1 atom stereocenters. The van der Waals surface area contributed by atoms with Crippen LogP contribution in [0.5, 0.6) is 5.75 Å². The predicted molar refractivity (Wildman–Crippen MR) is 132 cm³/mol. The molecule has 34 heavy (non-hydrogen) atoms. The number of nitrogens with zero attached hydrogens (tertiary/aromatic N) is 1. The zero-order valence-electron chi connectivity index (χ0n) is 20.3. The second-order valence-corrected chi connectivity index (χ2v) is 9.07. The van der Waals surface area contributed by atoms with Crippen molar-refractivity contribution in [1.82, 2.24) is 5.32 Å². The van der Waals surface area contributed by atoms with Gasteiger partial charge in [0.25, 0.3) is 5.91 Å². The topological polar surface area (TPSA) is 71.8 Å². The number of furan rings is 1. The first-order chi connectivity index (χ1) is 16.4. The molecule has 6 nitrogen and oxygen atoms in total. The zero-order valence-corrected chi connectivity index (χ0v) is 20.3. The molecular formula is C28H32N2O4. The number of benzene rings is 2. The fourth-order valence-corrected chi connectivity index (χ4v) is 5.00. The second kappa shape index (κ2) is 10.2. The molecule has 0 aliphatic heterocycles. The third-order valence-electron chi connectivity index (χ3n) is 6.44. The van der Waals surface area contributed by atoms with E-state index in [0.29, 0.717) is 17.0 Å². The Balaban J connectivity index is 1.89. The monoisotopic (exact) mass is 460 g/mol. The first-order valence-corrected chi connectivity index (χ1v) is 11.8. The minimum Gasteiger partial charge on any atom is -0.497 e. The summed E-state index contributed by atoms with van der Waals surface area (Å²) in [5.41, 5.74) is 4.31. The van der Waals surface area contributed by atoms with E-state index in [2.05, 4.69) is 5.32 Å². The van der Waals surface area contributed by atoms with E-state index >= 15 is 0 Å². The van der Waals surface area contributed by atoms with Gasteiger partial charge in [-0.25, -0.2) is 0 Å². The summed E-state index contributed by atoms with van der Waals surface area (Å²) in [5, 5.41) is 3.21. The number of anilines is 1. The van der Waals surface area contributed by atoms with Gasteiger partial charge in [-0.15, -0.1) is 0 Å². The molecule has 1 N–H and O–H groups in total. The van der Waals surface area contributed by atoms with Crippen molar-refractivity contribution < 1.29 is 18.7 Å². The lowest BCUT2D eigenvalue weighted by Crippen LogP contribution is -2.46. The molecule has 0 saturated heterocycles. The smallest absolute Gasteiger partial charge is 0.294 e. The molecule has 1 heterocycles. The van der Waals surface area contributed by atoms with Crippen LogP contribution < -0.4 is 15.0 Å². The summed E-state index contributed by atoms with van der Waals surface area (Å²) >= 11 is 0. The number of hydrogen-bond donors (Lipinski definition) is 1. The standard InChI is InChI=1S/C28H32N2O4/c1-18-15-19(2)25(20(3)16-18)30(28(32)24-13-8-14-34-24)26(21-9-7-12-23(17-21)33-4)27(31)29-22-10-5-6-11-22/h7-9,12-17,22,26H,5-6,10-11H2,1-4H3,(H,29,31)/t26-/m1/s1. The molecule has 2 amide bonds. The summed E-state index contributed by atoms with van der Waals surface area (Å²) in [6.45, 7) is 5.96. The highest BCUT2D eigenvalue weighted by Gasteiger charge is 2.37. The molecule has 0 unspecified atom stereocenters. The van der Waals surface area contributed by atoms with Crippen molar-refractivity contribution in [3.8, 4) is 5.75 Å². The Labute approximate surface area is 200 Å². The van der Waals surface area contributed by atoms with Crippen molar-refractivity contribution in [3.05, 3.63) is 82.8 Å². The lowest BCUT2D eigenvalue weighted by Gasteiger charge is -2.34. The lowest BCUT2D eigenvalue weighted by atomic mass is 9.97. The van der Waals surface area contributed by atoms with Gasteiger partial charge in [0.1, 0.15) is 11.8 Å². The molecule has 2 aromatic carbocycles. The van der Waals surface area contributed by atoms with E-state index in [0.717, 1.165) is 42.4 Å². The van der Waals surface area contributed by atoms with Crippen LogP contribution in [-0.4, -0.2) is 25.0 Å². The van der Waals surface area contributed by atoms with Gasteiger partial charge in [0.05, 0.1) is 19.1 Å². The van der Waals surface area contributed by atoms with Crippen LogP contribution in [0.25, 0.3) is 0 Å². The zero-order chi connectivity index (χ0) is 24.2. The summed E-state index contributed by atoms with van der Waals surface area (Å²) < 4.78 is 10.9. The molecule has 1 fully saturated rings. The maximum atomic E-state index is 13.9. The quantitative estimate of drug-likeness (QED) is 0.494. The van der Waals surface area contributed by atoms with Crippen molar-refractivity contribution in [1.29, 1.82) is 0 Å². The van der Waals surface area contributed by atoms with Crippen LogP contribution in [0.15, 0.2) is 59.2 Å². The predicted octanol–water partition coefficient (Wildman–Crippen LogP) is 5.66. The minimum absolute atomic E-state index is 0.112. The summed E-state index contributed by atoms with van der Waals surface area (Å²) in [4.78, 5) is 29.4. The molecule has 4 rings (SSSR count). The Bertz CT molecular complexity index is 1140. The molecule has 0 spiro atoms. The summed E-state index contributed by atoms with van der Waals surface area (Å²) in [6, 6.07) is 13.9. The Morgan fingerprint density at radius 3 is 2.35 bits per heavy atom. The highest BCUT2D eigenvalue weighted by Crippen LogP contribution is 2.36. The summed E-state index contributed by atoms with van der Waals surface area (Å²) in [5.74, 6) is 0.230. The SMILES string of the molecule is COc1cccc([C@H](C(=O)NC2CCCC2)N(C(=O)c2ccco2)c2c(C)cc(C)cc2C)c1. The van der Waals surface area contributed by atoms with E-state index in [1.807, 2.05) is 57.2 Å². The molecule has 178 valence electrons. The number of methoxy groups -OCH3 is 1. The van der Waals surface area contributed by atoms with Gasteiger partial charge in [-0.05, 0) is 74.6 Å². The van der Waals surface area contributed by atoms with Gasteiger partial charge in [-0.3, -0.25) is 14.5 Å². The maximum absolute atomic E-state index is 13.9. The van der Waals surface area contributed by atoms with Gasteiger partial charge in [-0.1, -0.05) is 42.7 Å². The molecule has 1 aromatic heterocycles. The van der Waals surface area contributed by atoms with Crippen molar-refractivity contribution in [3.63, 3.8) is 0 Å². The van der Waals surface area contributed by atoms with E-state index < -0.39 is 6.04 Å².